The number of aliphatic hydroxyl groups is 1. The fourth-order valence-electron chi connectivity index (χ4n) is 3.25. The lowest BCUT2D eigenvalue weighted by molar-refractivity contribution is -0.129. The lowest BCUT2D eigenvalue weighted by Gasteiger charge is -2.27. The third kappa shape index (κ3) is 3.61. The van der Waals surface area contributed by atoms with Crippen LogP contribution in [-0.4, -0.2) is 54.2 Å². The van der Waals surface area contributed by atoms with Crippen molar-refractivity contribution < 1.29 is 29.3 Å². The summed E-state index contributed by atoms with van der Waals surface area (Å²) in [6, 6.07) is 7.22. The van der Waals surface area contributed by atoms with Gasteiger partial charge in [0.15, 0.2) is 17.3 Å². The number of hydrogen-bond acceptors (Lipinski definition) is 7. The van der Waals surface area contributed by atoms with Crippen LogP contribution in [0.1, 0.15) is 27.7 Å². The van der Waals surface area contributed by atoms with E-state index in [1.54, 1.807) is 36.8 Å². The molecule has 0 saturated heterocycles. The molecule has 0 spiro atoms. The second kappa shape index (κ2) is 8.45. The molecule has 2 aromatic rings. The van der Waals surface area contributed by atoms with Gasteiger partial charge in [0.1, 0.15) is 0 Å². The van der Waals surface area contributed by atoms with Crippen molar-refractivity contribution in [1.29, 1.82) is 0 Å². The maximum Gasteiger partial charge on any atom is 0.290 e. The molecular weight excluding hydrogens is 382 g/mol. The van der Waals surface area contributed by atoms with E-state index in [0.29, 0.717) is 30.0 Å². The zero-order valence-electron chi connectivity index (χ0n) is 15.5. The molecule has 0 bridgehead atoms. The zero-order valence-corrected chi connectivity index (χ0v) is 16.4. The van der Waals surface area contributed by atoms with Crippen molar-refractivity contribution >= 4 is 23.0 Å². The highest BCUT2D eigenvalue weighted by atomic mass is 32.1. The van der Waals surface area contributed by atoms with Crippen LogP contribution in [0, 0.1) is 0 Å². The number of ether oxygens (including phenoxy) is 2. The average Bonchev–Trinajstić information content (AvgIpc) is 3.31. The normalized spacial score (nSPS) is 16.7. The Hall–Kier alpha value is -2.84. The van der Waals surface area contributed by atoms with E-state index in [4.69, 9.17) is 9.47 Å². The Labute approximate surface area is 166 Å². The zero-order chi connectivity index (χ0) is 20.3. The Morgan fingerprint density at radius 2 is 2.04 bits per heavy atom. The molecule has 1 amide bonds. The summed E-state index contributed by atoms with van der Waals surface area (Å²) in [5.41, 5.74) is 0.585. The molecule has 2 N–H and O–H groups in total. The van der Waals surface area contributed by atoms with Crippen molar-refractivity contribution in [2.75, 3.05) is 27.4 Å². The molecule has 2 heterocycles. The number of phenols is 1. The summed E-state index contributed by atoms with van der Waals surface area (Å²) in [5.74, 6) is -1.38. The predicted octanol–water partition coefficient (Wildman–Crippen LogP) is 3.08. The predicted molar refractivity (Wildman–Crippen MR) is 104 cm³/mol. The van der Waals surface area contributed by atoms with Gasteiger partial charge in [-0.15, -0.1) is 11.3 Å². The van der Waals surface area contributed by atoms with Gasteiger partial charge in [-0.05, 0) is 35.6 Å². The third-order valence-corrected chi connectivity index (χ3v) is 5.43. The number of carbonyl (C=O) groups excluding carboxylic acids is 2. The molecule has 0 saturated carbocycles. The molecule has 28 heavy (non-hydrogen) atoms. The van der Waals surface area contributed by atoms with Crippen LogP contribution in [0.25, 0.3) is 0 Å². The van der Waals surface area contributed by atoms with E-state index in [1.807, 2.05) is 0 Å². The smallest absolute Gasteiger partial charge is 0.290 e. The Bertz CT molecular complexity index is 905. The van der Waals surface area contributed by atoms with E-state index in [1.165, 1.54) is 29.4 Å². The molecule has 1 aromatic carbocycles. The summed E-state index contributed by atoms with van der Waals surface area (Å²) < 4.78 is 10.2. The van der Waals surface area contributed by atoms with Crippen molar-refractivity contribution in [2.24, 2.45) is 0 Å². The van der Waals surface area contributed by atoms with Gasteiger partial charge in [-0.2, -0.15) is 0 Å². The summed E-state index contributed by atoms with van der Waals surface area (Å²) in [5, 5.41) is 22.2. The van der Waals surface area contributed by atoms with E-state index in [0.717, 1.165) is 0 Å². The van der Waals surface area contributed by atoms with Crippen molar-refractivity contribution in [1.82, 2.24) is 4.90 Å². The second-order valence-corrected chi connectivity index (χ2v) is 7.20. The maximum atomic E-state index is 13.1. The average molecular weight is 403 g/mol. The summed E-state index contributed by atoms with van der Waals surface area (Å²) in [4.78, 5) is 27.7. The fraction of sp³-hybridized carbons (Fsp3) is 0.300. The number of methoxy groups -OCH3 is 2. The number of amides is 1. The minimum atomic E-state index is -0.784. The summed E-state index contributed by atoms with van der Waals surface area (Å²) in [7, 11) is 2.98. The van der Waals surface area contributed by atoms with Gasteiger partial charge in [0.05, 0.1) is 23.6 Å². The van der Waals surface area contributed by atoms with Crippen molar-refractivity contribution in [3.05, 3.63) is 57.5 Å². The Kier molecular flexibility index (Phi) is 6.01. The monoisotopic (exact) mass is 403 g/mol. The Morgan fingerprint density at radius 1 is 1.25 bits per heavy atom. The number of benzene rings is 1. The number of ketones is 1. The molecule has 7 nitrogen and oxygen atoms in total. The van der Waals surface area contributed by atoms with E-state index in [9.17, 15) is 19.8 Å². The number of Topliss-reactive ketones (excluding diaryl/α,β-unsaturated/α-hetero) is 1. The number of carbonyl (C=O) groups is 2. The van der Waals surface area contributed by atoms with Crippen LogP contribution in [0.2, 0.25) is 0 Å². The van der Waals surface area contributed by atoms with Gasteiger partial charge in [-0.25, -0.2) is 0 Å². The van der Waals surface area contributed by atoms with Gasteiger partial charge in [-0.1, -0.05) is 12.1 Å². The second-order valence-electron chi connectivity index (χ2n) is 6.25. The first-order valence-corrected chi connectivity index (χ1v) is 9.55. The van der Waals surface area contributed by atoms with Gasteiger partial charge >= 0.3 is 0 Å². The number of aromatic hydroxyl groups is 1. The highest BCUT2D eigenvalue weighted by Gasteiger charge is 2.43. The van der Waals surface area contributed by atoms with Crippen LogP contribution in [0.15, 0.2) is 47.0 Å². The lowest BCUT2D eigenvalue weighted by atomic mass is 9.95. The van der Waals surface area contributed by atoms with Gasteiger partial charge in [0, 0.05) is 20.3 Å². The molecule has 3 rings (SSSR count). The topological polar surface area (TPSA) is 96.3 Å². The summed E-state index contributed by atoms with van der Waals surface area (Å²) in [6.45, 7) is 0.732. The number of hydrogen-bond donors (Lipinski definition) is 2. The van der Waals surface area contributed by atoms with Crippen molar-refractivity contribution in [2.45, 2.75) is 12.5 Å². The molecule has 0 aliphatic carbocycles. The molecule has 0 fully saturated rings. The number of aliphatic hydroxyl groups excluding tert-OH is 1. The van der Waals surface area contributed by atoms with E-state index < -0.39 is 23.5 Å². The van der Waals surface area contributed by atoms with Gasteiger partial charge in [0.25, 0.3) is 5.91 Å². The molecule has 148 valence electrons. The van der Waals surface area contributed by atoms with Crippen LogP contribution in [0.4, 0.5) is 0 Å². The van der Waals surface area contributed by atoms with E-state index in [2.05, 4.69) is 0 Å². The van der Waals surface area contributed by atoms with Crippen LogP contribution in [0.5, 0.6) is 11.5 Å². The lowest BCUT2D eigenvalue weighted by Crippen LogP contribution is -2.32. The largest absolute Gasteiger partial charge is 0.504 e. The summed E-state index contributed by atoms with van der Waals surface area (Å²) in [6.07, 6.45) is 0.543. The molecular formula is C20H21NO6S. The first-order valence-electron chi connectivity index (χ1n) is 8.67. The van der Waals surface area contributed by atoms with Gasteiger partial charge in [-0.3, -0.25) is 9.59 Å². The number of nitrogens with zero attached hydrogens (tertiary/aromatic N) is 1. The Balaban J connectivity index is 2.07. The highest BCUT2D eigenvalue weighted by Crippen LogP contribution is 2.41. The van der Waals surface area contributed by atoms with Gasteiger partial charge in [0.2, 0.25) is 5.78 Å². The minimum absolute atomic E-state index is 0.0256. The molecule has 1 aliphatic heterocycles. The SMILES string of the molecule is COCCCN1C(=O)C(O)=C(C(=O)c2cccs2)[C@@H]1c1ccc(O)c(OC)c1. The molecule has 1 aromatic heterocycles. The van der Waals surface area contributed by atoms with Crippen molar-refractivity contribution in [3.8, 4) is 11.5 Å². The van der Waals surface area contributed by atoms with Crippen molar-refractivity contribution in [3.63, 3.8) is 0 Å². The minimum Gasteiger partial charge on any atom is -0.504 e. The molecule has 8 heteroatoms. The maximum absolute atomic E-state index is 13.1. The molecule has 0 unspecified atom stereocenters. The first-order chi connectivity index (χ1) is 13.5. The molecule has 0 radical (unpaired) electrons. The summed E-state index contributed by atoms with van der Waals surface area (Å²) >= 11 is 1.24. The van der Waals surface area contributed by atoms with Crippen LogP contribution in [0.3, 0.4) is 0 Å². The number of rotatable bonds is 8. The third-order valence-electron chi connectivity index (χ3n) is 4.56. The Morgan fingerprint density at radius 3 is 2.68 bits per heavy atom. The van der Waals surface area contributed by atoms with Gasteiger partial charge < -0.3 is 24.6 Å². The molecule has 1 aliphatic rings. The van der Waals surface area contributed by atoms with Crippen LogP contribution in [-0.2, 0) is 9.53 Å². The highest BCUT2D eigenvalue weighted by molar-refractivity contribution is 7.12. The fourth-order valence-corrected chi connectivity index (χ4v) is 3.92. The van der Waals surface area contributed by atoms with E-state index >= 15 is 0 Å². The molecule has 1 atom stereocenters. The number of phenolic OH excluding ortho intramolecular Hbond substituents is 1. The van der Waals surface area contributed by atoms with E-state index in [-0.39, 0.29) is 17.1 Å². The van der Waals surface area contributed by atoms with Crippen LogP contribution >= 0.6 is 11.3 Å². The number of thiophene rings is 1. The first kappa shape index (κ1) is 19.9. The quantitative estimate of drug-likeness (QED) is 0.519. The standard InChI is InChI=1S/C20H21NO6S/c1-26-9-4-8-21-17(12-6-7-13(22)14(11-12)27-2)16(19(24)20(21)25)18(23)15-5-3-10-28-15/h3,5-7,10-11,17,22,24H,4,8-9H2,1-2H3/t17-/m0/s1. The van der Waals surface area contributed by atoms with Crippen LogP contribution < -0.4 is 4.74 Å².